The molecule has 0 spiro atoms. The number of amides is 2. The summed E-state index contributed by atoms with van der Waals surface area (Å²) >= 11 is 0. The molecule has 0 unspecified atom stereocenters. The fourth-order valence-electron chi connectivity index (χ4n) is 4.80. The molecule has 200 valence electrons. The van der Waals surface area contributed by atoms with Crippen LogP contribution in [-0.4, -0.2) is 91.1 Å². The summed E-state index contributed by atoms with van der Waals surface area (Å²) in [6.45, 7) is 2.66. The first kappa shape index (κ1) is 25.5. The predicted octanol–water partition coefficient (Wildman–Crippen LogP) is 0.703. The molecule has 2 aliphatic rings. The van der Waals surface area contributed by atoms with Crippen molar-refractivity contribution in [3.8, 4) is 17.3 Å². The van der Waals surface area contributed by atoms with Gasteiger partial charge >= 0.3 is 11.8 Å². The normalized spacial score (nSPS) is 18.2. The molecule has 2 saturated heterocycles. The van der Waals surface area contributed by atoms with Gasteiger partial charge in [-0.05, 0) is 37.6 Å². The minimum Gasteiger partial charge on any atom is -0.501 e. The van der Waals surface area contributed by atoms with Gasteiger partial charge in [-0.3, -0.25) is 19.0 Å². The zero-order valence-electron chi connectivity index (χ0n) is 21.1. The number of likely N-dealkylation sites (N-methyl/N-ethyl adjacent to an activating group) is 1. The number of hydrogen-bond donors (Lipinski definition) is 1. The van der Waals surface area contributed by atoms with Gasteiger partial charge in [-0.15, -0.1) is 10.2 Å². The molecule has 1 N–H and O–H groups in total. The lowest BCUT2D eigenvalue weighted by atomic mass is 10.1. The van der Waals surface area contributed by atoms with Crippen molar-refractivity contribution in [1.82, 2.24) is 34.4 Å². The fourth-order valence-corrected chi connectivity index (χ4v) is 4.80. The van der Waals surface area contributed by atoms with E-state index in [1.807, 2.05) is 7.05 Å². The molecule has 5 rings (SSSR count). The zero-order chi connectivity index (χ0) is 27.0. The van der Waals surface area contributed by atoms with Crippen LogP contribution >= 0.6 is 0 Å². The summed E-state index contributed by atoms with van der Waals surface area (Å²) in [5.74, 6) is -2.02. The first-order chi connectivity index (χ1) is 18.2. The summed E-state index contributed by atoms with van der Waals surface area (Å²) in [7, 11) is 3.41. The number of carbonyl (C=O) groups is 2. The van der Waals surface area contributed by atoms with Crippen LogP contribution in [-0.2, 0) is 23.1 Å². The van der Waals surface area contributed by atoms with Crippen molar-refractivity contribution in [3.63, 3.8) is 0 Å². The number of aromatic hydroxyl groups is 1. The quantitative estimate of drug-likeness (QED) is 0.488. The van der Waals surface area contributed by atoms with E-state index < -0.39 is 29.2 Å². The Morgan fingerprint density at radius 2 is 1.76 bits per heavy atom. The van der Waals surface area contributed by atoms with Crippen LogP contribution in [0.15, 0.2) is 33.5 Å². The molecule has 0 radical (unpaired) electrons. The van der Waals surface area contributed by atoms with Gasteiger partial charge in [0, 0.05) is 39.8 Å². The van der Waals surface area contributed by atoms with Gasteiger partial charge in [0.15, 0.2) is 5.69 Å². The average Bonchev–Trinajstić information content (AvgIpc) is 3.59. The van der Waals surface area contributed by atoms with Crippen molar-refractivity contribution in [3.05, 3.63) is 57.7 Å². The predicted molar refractivity (Wildman–Crippen MR) is 131 cm³/mol. The summed E-state index contributed by atoms with van der Waals surface area (Å²) in [5.41, 5.74) is -0.216. The number of carbonyl (C=O) groups excluding carboxylic acids is 2. The SMILES string of the molecule is CN1CCN(C(=O)C(=O)N2CCC[C@H]2c2nc(-c3nnc(Cc4ccc(F)cc4)o3)c(O)c(=O)n2C)CC1. The van der Waals surface area contributed by atoms with Gasteiger partial charge in [-0.25, -0.2) is 9.37 Å². The molecular weight excluding hydrogens is 497 g/mol. The van der Waals surface area contributed by atoms with Crippen LogP contribution in [0.25, 0.3) is 11.6 Å². The minimum absolute atomic E-state index is 0.164. The van der Waals surface area contributed by atoms with Gasteiger partial charge in [0.2, 0.25) is 11.6 Å². The lowest BCUT2D eigenvalue weighted by Crippen LogP contribution is -2.52. The molecule has 0 aliphatic carbocycles. The van der Waals surface area contributed by atoms with Crippen molar-refractivity contribution in [2.24, 2.45) is 7.05 Å². The number of aromatic nitrogens is 4. The number of halogens is 1. The lowest BCUT2D eigenvalue weighted by Gasteiger charge is -2.33. The highest BCUT2D eigenvalue weighted by Crippen LogP contribution is 2.33. The maximum absolute atomic E-state index is 13.2. The summed E-state index contributed by atoms with van der Waals surface area (Å²) in [6, 6.07) is 5.16. The second-order valence-electron chi connectivity index (χ2n) is 9.59. The Balaban J connectivity index is 1.41. The van der Waals surface area contributed by atoms with Crippen LogP contribution in [0.4, 0.5) is 4.39 Å². The topological polar surface area (TPSA) is 138 Å². The Hall–Kier alpha value is -4.13. The van der Waals surface area contributed by atoms with Crippen molar-refractivity contribution < 1.29 is 23.5 Å². The average molecular weight is 526 g/mol. The number of piperazine rings is 1. The second-order valence-corrected chi connectivity index (χ2v) is 9.59. The Bertz CT molecular complexity index is 1410. The largest absolute Gasteiger partial charge is 0.501 e. The monoisotopic (exact) mass is 525 g/mol. The van der Waals surface area contributed by atoms with Gasteiger partial charge < -0.3 is 24.2 Å². The highest BCUT2D eigenvalue weighted by atomic mass is 19.1. The van der Waals surface area contributed by atoms with Gasteiger partial charge in [-0.2, -0.15) is 0 Å². The van der Waals surface area contributed by atoms with Crippen LogP contribution in [0.1, 0.15) is 36.2 Å². The zero-order valence-corrected chi connectivity index (χ0v) is 21.1. The van der Waals surface area contributed by atoms with Gasteiger partial charge in [0.05, 0.1) is 12.5 Å². The van der Waals surface area contributed by atoms with E-state index in [1.165, 1.54) is 28.6 Å². The van der Waals surface area contributed by atoms with E-state index in [0.717, 1.165) is 5.56 Å². The summed E-state index contributed by atoms with van der Waals surface area (Å²) in [6.07, 6.45) is 1.33. The molecule has 3 aromatic rings. The van der Waals surface area contributed by atoms with E-state index in [0.29, 0.717) is 45.6 Å². The standard InChI is InChI=1S/C25H28FN7O5/c1-30-10-12-32(13-11-30)24(36)25(37)33-9-3-4-17(33)21-27-19(20(34)23(35)31(21)2)22-29-28-18(38-22)14-15-5-7-16(26)8-6-15/h5-8,17,34H,3-4,9-14H2,1-2H3/t17-/m0/s1. The van der Waals surface area contributed by atoms with E-state index in [-0.39, 0.29) is 35.5 Å². The minimum atomic E-state index is -0.743. The first-order valence-corrected chi connectivity index (χ1v) is 12.4. The van der Waals surface area contributed by atoms with E-state index in [4.69, 9.17) is 4.42 Å². The van der Waals surface area contributed by atoms with Crippen LogP contribution < -0.4 is 5.56 Å². The lowest BCUT2D eigenvalue weighted by molar-refractivity contribution is -0.153. The maximum atomic E-state index is 13.2. The van der Waals surface area contributed by atoms with E-state index in [1.54, 1.807) is 17.0 Å². The summed E-state index contributed by atoms with van der Waals surface area (Å²) < 4.78 is 20.0. The van der Waals surface area contributed by atoms with Crippen molar-refractivity contribution >= 4 is 11.8 Å². The molecule has 12 nitrogen and oxygen atoms in total. The molecule has 4 heterocycles. The molecule has 2 aromatic heterocycles. The van der Waals surface area contributed by atoms with Crippen molar-refractivity contribution in [2.75, 3.05) is 39.8 Å². The number of hydrogen-bond acceptors (Lipinski definition) is 9. The number of nitrogens with zero attached hydrogens (tertiary/aromatic N) is 7. The Kier molecular flexibility index (Phi) is 6.93. The highest BCUT2D eigenvalue weighted by Gasteiger charge is 2.38. The van der Waals surface area contributed by atoms with Gasteiger partial charge in [0.1, 0.15) is 11.6 Å². The van der Waals surface area contributed by atoms with E-state index in [9.17, 15) is 23.9 Å². The molecule has 2 amide bonds. The third-order valence-corrected chi connectivity index (χ3v) is 7.02. The number of benzene rings is 1. The molecule has 0 saturated carbocycles. The number of likely N-dealkylation sites (tertiary alicyclic amines) is 1. The van der Waals surface area contributed by atoms with Crippen LogP contribution in [0.3, 0.4) is 0 Å². The Morgan fingerprint density at radius 3 is 2.47 bits per heavy atom. The maximum Gasteiger partial charge on any atom is 0.312 e. The molecule has 38 heavy (non-hydrogen) atoms. The fraction of sp³-hybridized carbons (Fsp3) is 0.440. The molecule has 13 heteroatoms. The van der Waals surface area contributed by atoms with E-state index in [2.05, 4.69) is 20.1 Å². The molecule has 2 aliphatic heterocycles. The van der Waals surface area contributed by atoms with E-state index >= 15 is 0 Å². The second kappa shape index (κ2) is 10.3. The van der Waals surface area contributed by atoms with Crippen LogP contribution in [0.2, 0.25) is 0 Å². The molecule has 0 bridgehead atoms. The highest BCUT2D eigenvalue weighted by molar-refractivity contribution is 6.35. The van der Waals surface area contributed by atoms with Gasteiger partial charge in [-0.1, -0.05) is 12.1 Å². The third kappa shape index (κ3) is 4.88. The smallest absolute Gasteiger partial charge is 0.312 e. The van der Waals surface area contributed by atoms with Crippen LogP contribution in [0.5, 0.6) is 5.75 Å². The molecular formula is C25H28FN7O5. The first-order valence-electron chi connectivity index (χ1n) is 12.4. The Morgan fingerprint density at radius 1 is 1.05 bits per heavy atom. The third-order valence-electron chi connectivity index (χ3n) is 7.02. The van der Waals surface area contributed by atoms with Gasteiger partial charge in [0.25, 0.3) is 11.4 Å². The number of rotatable bonds is 4. The summed E-state index contributed by atoms with van der Waals surface area (Å²) in [5, 5.41) is 18.5. The van der Waals surface area contributed by atoms with Crippen LogP contribution in [0, 0.1) is 5.82 Å². The van der Waals surface area contributed by atoms with Crippen molar-refractivity contribution in [2.45, 2.75) is 25.3 Å². The Labute approximate surface area is 217 Å². The molecule has 2 fully saturated rings. The molecule has 1 aromatic carbocycles. The van der Waals surface area contributed by atoms with Crippen molar-refractivity contribution in [1.29, 1.82) is 0 Å². The summed E-state index contributed by atoms with van der Waals surface area (Å²) in [4.78, 5) is 48.7. The molecule has 1 atom stereocenters.